The molecule has 2 aromatic rings. The fourth-order valence-electron chi connectivity index (χ4n) is 2.33. The molecular weight excluding hydrogens is 289 g/mol. The number of para-hydroxylation sites is 1. The Hall–Kier alpha value is -1.58. The van der Waals surface area contributed by atoms with Gasteiger partial charge in [-0.05, 0) is 29.7 Å². The van der Waals surface area contributed by atoms with E-state index in [0.717, 1.165) is 11.1 Å². The molecule has 2 aromatic carbocycles. The first-order chi connectivity index (χ1) is 9.99. The van der Waals surface area contributed by atoms with E-state index in [9.17, 15) is 9.50 Å². The molecule has 0 bridgehead atoms. The molecule has 0 aliphatic carbocycles. The second kappa shape index (κ2) is 6.92. The van der Waals surface area contributed by atoms with Crippen molar-refractivity contribution >= 4 is 11.6 Å². The summed E-state index contributed by atoms with van der Waals surface area (Å²) >= 11 is 5.91. The van der Waals surface area contributed by atoms with E-state index in [-0.39, 0.29) is 17.6 Å². The van der Waals surface area contributed by atoms with Crippen LogP contribution in [0.3, 0.4) is 0 Å². The fraction of sp³-hybridized carbons (Fsp3) is 0.294. The Morgan fingerprint density at radius 3 is 2.43 bits per heavy atom. The number of phenols is 1. The van der Waals surface area contributed by atoms with Crippen molar-refractivity contribution in [3.8, 4) is 5.75 Å². The third-order valence-corrected chi connectivity index (χ3v) is 3.78. The molecule has 0 heterocycles. The monoisotopic (exact) mass is 307 g/mol. The molecule has 4 heteroatoms. The number of halogens is 2. The second-order valence-corrected chi connectivity index (χ2v) is 5.81. The smallest absolute Gasteiger partial charge is 0.138 e. The first-order valence-corrected chi connectivity index (χ1v) is 7.32. The first kappa shape index (κ1) is 15.8. The number of benzene rings is 2. The van der Waals surface area contributed by atoms with E-state index in [2.05, 4.69) is 19.2 Å². The molecule has 0 spiro atoms. The van der Waals surface area contributed by atoms with E-state index in [1.807, 2.05) is 6.07 Å². The van der Waals surface area contributed by atoms with E-state index in [0.29, 0.717) is 17.5 Å². The topological polar surface area (TPSA) is 32.3 Å². The zero-order valence-electron chi connectivity index (χ0n) is 12.1. The summed E-state index contributed by atoms with van der Waals surface area (Å²) in [6.07, 6.45) is 0. The molecule has 0 aromatic heterocycles. The molecule has 21 heavy (non-hydrogen) atoms. The maximum Gasteiger partial charge on any atom is 0.138 e. The van der Waals surface area contributed by atoms with Crippen molar-refractivity contribution in [2.24, 2.45) is 5.92 Å². The third-order valence-electron chi connectivity index (χ3n) is 3.48. The minimum atomic E-state index is -0.242. The molecular formula is C17H19ClFNO. The van der Waals surface area contributed by atoms with E-state index < -0.39 is 0 Å². The summed E-state index contributed by atoms with van der Waals surface area (Å²) < 4.78 is 13.0. The van der Waals surface area contributed by atoms with Gasteiger partial charge >= 0.3 is 0 Å². The number of phenolic OH excluding ortho intramolecular Hbond substituents is 1. The van der Waals surface area contributed by atoms with Gasteiger partial charge < -0.3 is 10.4 Å². The van der Waals surface area contributed by atoms with Crippen LogP contribution in [0.5, 0.6) is 5.75 Å². The molecule has 0 radical (unpaired) electrons. The fourth-order valence-corrected chi connectivity index (χ4v) is 2.53. The third kappa shape index (κ3) is 3.96. The van der Waals surface area contributed by atoms with Gasteiger partial charge in [0.05, 0.1) is 5.02 Å². The minimum Gasteiger partial charge on any atom is -0.506 e. The summed E-state index contributed by atoms with van der Waals surface area (Å²) in [6.45, 7) is 4.68. The van der Waals surface area contributed by atoms with Crippen LogP contribution in [0.2, 0.25) is 5.02 Å². The largest absolute Gasteiger partial charge is 0.506 e. The Balaban J connectivity index is 2.14. The van der Waals surface area contributed by atoms with Gasteiger partial charge in [-0.15, -0.1) is 0 Å². The lowest BCUT2D eigenvalue weighted by Gasteiger charge is -2.23. The van der Waals surface area contributed by atoms with Crippen molar-refractivity contribution in [2.45, 2.75) is 26.4 Å². The summed E-state index contributed by atoms with van der Waals surface area (Å²) in [4.78, 5) is 0. The highest BCUT2D eigenvalue weighted by Gasteiger charge is 2.16. The number of hydrogen-bond acceptors (Lipinski definition) is 2. The molecule has 2 nitrogen and oxygen atoms in total. The van der Waals surface area contributed by atoms with Crippen LogP contribution in [0, 0.1) is 11.7 Å². The summed E-state index contributed by atoms with van der Waals surface area (Å²) in [7, 11) is 0. The lowest BCUT2D eigenvalue weighted by atomic mass is 9.95. The van der Waals surface area contributed by atoms with Crippen molar-refractivity contribution in [3.05, 3.63) is 64.4 Å². The predicted octanol–water partition coefficient (Wildman–Crippen LogP) is 4.67. The quantitative estimate of drug-likeness (QED) is 0.841. The van der Waals surface area contributed by atoms with Gasteiger partial charge in [0.2, 0.25) is 0 Å². The van der Waals surface area contributed by atoms with Gasteiger partial charge in [0.1, 0.15) is 11.6 Å². The minimum absolute atomic E-state index is 0.0731. The van der Waals surface area contributed by atoms with Crippen LogP contribution in [0.15, 0.2) is 42.5 Å². The zero-order valence-corrected chi connectivity index (χ0v) is 12.9. The van der Waals surface area contributed by atoms with Crippen LogP contribution in [-0.4, -0.2) is 5.11 Å². The number of nitrogens with one attached hydrogen (secondary N) is 1. The van der Waals surface area contributed by atoms with Crippen LogP contribution in [0.1, 0.15) is 31.0 Å². The second-order valence-electron chi connectivity index (χ2n) is 5.40. The normalized spacial score (nSPS) is 12.6. The van der Waals surface area contributed by atoms with Gasteiger partial charge in [-0.2, -0.15) is 0 Å². The van der Waals surface area contributed by atoms with Crippen molar-refractivity contribution in [1.29, 1.82) is 0 Å². The molecule has 0 fully saturated rings. The highest BCUT2D eigenvalue weighted by molar-refractivity contribution is 6.32. The van der Waals surface area contributed by atoms with Crippen molar-refractivity contribution in [2.75, 3.05) is 0 Å². The molecule has 1 atom stereocenters. The zero-order chi connectivity index (χ0) is 15.4. The highest BCUT2D eigenvalue weighted by Crippen LogP contribution is 2.28. The summed E-state index contributed by atoms with van der Waals surface area (Å²) in [6, 6.07) is 11.9. The summed E-state index contributed by atoms with van der Waals surface area (Å²) in [5.41, 5.74) is 1.77. The Morgan fingerprint density at radius 2 is 1.81 bits per heavy atom. The summed E-state index contributed by atoms with van der Waals surface area (Å²) in [5, 5.41) is 13.7. The van der Waals surface area contributed by atoms with Gasteiger partial charge in [0, 0.05) is 18.2 Å². The van der Waals surface area contributed by atoms with Crippen molar-refractivity contribution < 1.29 is 9.50 Å². The molecule has 0 saturated carbocycles. The van der Waals surface area contributed by atoms with Crippen LogP contribution >= 0.6 is 11.6 Å². The van der Waals surface area contributed by atoms with E-state index in [1.54, 1.807) is 24.3 Å². The number of rotatable bonds is 5. The number of aromatic hydroxyl groups is 1. The molecule has 112 valence electrons. The molecule has 0 aliphatic rings. The Labute approximate surface area is 129 Å². The number of hydrogen-bond donors (Lipinski definition) is 2. The van der Waals surface area contributed by atoms with Gasteiger partial charge in [-0.1, -0.05) is 49.7 Å². The molecule has 2 rings (SSSR count). The molecule has 0 amide bonds. The van der Waals surface area contributed by atoms with E-state index >= 15 is 0 Å². The molecule has 2 N–H and O–H groups in total. The lowest BCUT2D eigenvalue weighted by molar-refractivity contribution is 0.402. The summed E-state index contributed by atoms with van der Waals surface area (Å²) in [5.74, 6) is 0.193. The predicted molar refractivity (Wildman–Crippen MR) is 83.9 cm³/mol. The van der Waals surface area contributed by atoms with Crippen LogP contribution < -0.4 is 5.32 Å². The molecule has 0 saturated heterocycles. The van der Waals surface area contributed by atoms with Gasteiger partial charge in [-0.3, -0.25) is 0 Å². The molecule has 1 unspecified atom stereocenters. The van der Waals surface area contributed by atoms with Gasteiger partial charge in [0.15, 0.2) is 0 Å². The Morgan fingerprint density at radius 1 is 1.14 bits per heavy atom. The van der Waals surface area contributed by atoms with E-state index in [4.69, 9.17) is 11.6 Å². The lowest BCUT2D eigenvalue weighted by Crippen LogP contribution is -2.25. The Bertz CT molecular complexity index is 598. The van der Waals surface area contributed by atoms with Gasteiger partial charge in [-0.25, -0.2) is 4.39 Å². The van der Waals surface area contributed by atoms with Crippen molar-refractivity contribution in [1.82, 2.24) is 5.32 Å². The Kier molecular flexibility index (Phi) is 5.21. The standard InChI is InChI=1S/C17H19ClFNO/c1-11(2)16(12-6-8-14(19)9-7-12)20-10-13-4-3-5-15(18)17(13)21/h3-9,11,16,20-21H,10H2,1-2H3. The highest BCUT2D eigenvalue weighted by atomic mass is 35.5. The molecule has 0 aliphatic heterocycles. The maximum atomic E-state index is 13.0. The van der Waals surface area contributed by atoms with E-state index in [1.165, 1.54) is 12.1 Å². The SMILES string of the molecule is CC(C)C(NCc1cccc(Cl)c1O)c1ccc(F)cc1. The van der Waals surface area contributed by atoms with Crippen LogP contribution in [0.4, 0.5) is 4.39 Å². The van der Waals surface area contributed by atoms with Crippen molar-refractivity contribution in [3.63, 3.8) is 0 Å². The maximum absolute atomic E-state index is 13.0. The average molecular weight is 308 g/mol. The van der Waals surface area contributed by atoms with Crippen LogP contribution in [-0.2, 0) is 6.54 Å². The van der Waals surface area contributed by atoms with Crippen LogP contribution in [0.25, 0.3) is 0 Å². The average Bonchev–Trinajstić information content (AvgIpc) is 2.45. The first-order valence-electron chi connectivity index (χ1n) is 6.94. The van der Waals surface area contributed by atoms with Gasteiger partial charge in [0.25, 0.3) is 0 Å².